The Labute approximate surface area is 168 Å². The number of nitrogens with zero attached hydrogens (tertiary/aromatic N) is 1. The lowest BCUT2D eigenvalue weighted by molar-refractivity contribution is 0.204. The number of hydrogen-bond acceptors (Lipinski definition) is 6. The summed E-state index contributed by atoms with van der Waals surface area (Å²) in [6.45, 7) is 2.55. The lowest BCUT2D eigenvalue weighted by Crippen LogP contribution is -2.00. The summed E-state index contributed by atoms with van der Waals surface area (Å²) in [5, 5.41) is 13.3. The first-order valence-electron chi connectivity index (χ1n) is 8.77. The summed E-state index contributed by atoms with van der Waals surface area (Å²) in [6, 6.07) is 15.6. The van der Waals surface area contributed by atoms with Crippen LogP contribution in [0, 0.1) is 0 Å². The van der Waals surface area contributed by atoms with E-state index in [-0.39, 0.29) is 0 Å². The van der Waals surface area contributed by atoms with Crippen LogP contribution >= 0.6 is 23.1 Å². The summed E-state index contributed by atoms with van der Waals surface area (Å²) < 4.78 is 11.0. The van der Waals surface area contributed by atoms with E-state index in [1.165, 1.54) is 0 Å². The van der Waals surface area contributed by atoms with Gasteiger partial charge >= 0.3 is 0 Å². The maximum atomic E-state index is 10.2. The number of aliphatic hydroxyl groups excluding tert-OH is 1. The fourth-order valence-electron chi connectivity index (χ4n) is 2.63. The molecule has 0 bridgehead atoms. The van der Waals surface area contributed by atoms with Gasteiger partial charge in [-0.3, -0.25) is 0 Å². The molecular formula is C21H23NO3S2. The van der Waals surface area contributed by atoms with Gasteiger partial charge in [-0.15, -0.1) is 11.3 Å². The highest BCUT2D eigenvalue weighted by Gasteiger charge is 2.11. The van der Waals surface area contributed by atoms with Crippen molar-refractivity contribution in [2.24, 2.45) is 0 Å². The molecule has 6 heteroatoms. The summed E-state index contributed by atoms with van der Waals surface area (Å²) in [7, 11) is 1.64. The van der Waals surface area contributed by atoms with Gasteiger partial charge in [-0.25, -0.2) is 4.98 Å². The zero-order chi connectivity index (χ0) is 19.1. The van der Waals surface area contributed by atoms with Crippen LogP contribution in [0.1, 0.15) is 24.3 Å². The average molecular weight is 402 g/mol. The zero-order valence-corrected chi connectivity index (χ0v) is 17.1. The molecule has 0 fully saturated rings. The number of aliphatic hydroxyl groups is 1. The number of ether oxygens (including phenoxy) is 2. The molecule has 0 spiro atoms. The van der Waals surface area contributed by atoms with Crippen molar-refractivity contribution in [3.8, 4) is 22.1 Å². The maximum Gasteiger partial charge on any atom is 0.161 e. The molecule has 1 unspecified atom stereocenters. The van der Waals surface area contributed by atoms with Gasteiger partial charge in [0.15, 0.2) is 11.5 Å². The van der Waals surface area contributed by atoms with E-state index < -0.39 is 6.10 Å². The Morgan fingerprint density at radius 2 is 1.96 bits per heavy atom. The monoisotopic (exact) mass is 401 g/mol. The summed E-state index contributed by atoms with van der Waals surface area (Å²) >= 11 is 3.30. The molecule has 0 saturated heterocycles. The number of hydrogen-bond donors (Lipinski definition) is 1. The van der Waals surface area contributed by atoms with Gasteiger partial charge in [0.1, 0.15) is 5.01 Å². The number of thiazole rings is 1. The highest BCUT2D eigenvalue weighted by molar-refractivity contribution is 7.98. The molecule has 0 saturated carbocycles. The molecule has 27 heavy (non-hydrogen) atoms. The smallest absolute Gasteiger partial charge is 0.161 e. The third-order valence-corrected chi connectivity index (χ3v) is 5.96. The molecular weight excluding hydrogens is 378 g/mol. The van der Waals surface area contributed by atoms with Crippen LogP contribution in [0.2, 0.25) is 0 Å². The van der Waals surface area contributed by atoms with Gasteiger partial charge in [-0.1, -0.05) is 30.3 Å². The topological polar surface area (TPSA) is 51.6 Å². The summed E-state index contributed by atoms with van der Waals surface area (Å²) in [5.41, 5.74) is 2.99. The normalized spacial score (nSPS) is 12.0. The summed E-state index contributed by atoms with van der Waals surface area (Å²) in [6.07, 6.45) is -0.454. The molecule has 1 heterocycles. The first-order valence-corrected chi connectivity index (χ1v) is 10.8. The van der Waals surface area contributed by atoms with Gasteiger partial charge in [-0.2, -0.15) is 11.8 Å². The number of thioether (sulfide) groups is 1. The Balaban J connectivity index is 1.60. The molecule has 142 valence electrons. The standard InChI is InChI=1S/C21H23NO3S2/c1-3-25-19-10-9-16(11-20(19)24-2)21-22-17(13-27-21)12-26-14-18(23)15-7-5-4-6-8-15/h4-11,13,18,23H,3,12,14H2,1-2H3. The van der Waals surface area contributed by atoms with Crippen molar-refractivity contribution in [2.45, 2.75) is 18.8 Å². The van der Waals surface area contributed by atoms with Crippen LogP contribution in [0.25, 0.3) is 10.6 Å². The summed E-state index contributed by atoms with van der Waals surface area (Å²) in [4.78, 5) is 4.72. The minimum atomic E-state index is -0.454. The number of benzene rings is 2. The minimum absolute atomic E-state index is 0.454. The molecule has 0 amide bonds. The van der Waals surface area contributed by atoms with Gasteiger partial charge in [0.25, 0.3) is 0 Å². The van der Waals surface area contributed by atoms with E-state index in [0.717, 1.165) is 33.3 Å². The van der Waals surface area contributed by atoms with Gasteiger partial charge in [-0.05, 0) is 30.7 Å². The lowest BCUT2D eigenvalue weighted by atomic mass is 10.1. The second-order valence-electron chi connectivity index (χ2n) is 5.88. The third-order valence-electron chi connectivity index (χ3n) is 3.97. The lowest BCUT2D eigenvalue weighted by Gasteiger charge is -2.10. The van der Waals surface area contributed by atoms with Gasteiger partial charge < -0.3 is 14.6 Å². The predicted octanol–water partition coefficient (Wildman–Crippen LogP) is 5.18. The first-order chi connectivity index (χ1) is 13.2. The molecule has 0 aliphatic heterocycles. The molecule has 0 aliphatic carbocycles. The van der Waals surface area contributed by atoms with E-state index in [0.29, 0.717) is 18.1 Å². The molecule has 1 N–H and O–H groups in total. The van der Waals surface area contributed by atoms with Crippen molar-refractivity contribution < 1.29 is 14.6 Å². The number of aromatic nitrogens is 1. The van der Waals surface area contributed by atoms with E-state index in [1.54, 1.807) is 30.2 Å². The Kier molecular flexibility index (Phi) is 7.15. The predicted molar refractivity (Wildman–Crippen MR) is 113 cm³/mol. The molecule has 0 aliphatic rings. The SMILES string of the molecule is CCOc1ccc(-c2nc(CSCC(O)c3ccccc3)cs2)cc1OC. The molecule has 1 atom stereocenters. The number of methoxy groups -OCH3 is 1. The van der Waals surface area contributed by atoms with E-state index in [1.807, 2.05) is 55.5 Å². The van der Waals surface area contributed by atoms with Crippen LogP contribution in [0.5, 0.6) is 11.5 Å². The maximum absolute atomic E-state index is 10.2. The third kappa shape index (κ3) is 5.25. The fourth-order valence-corrected chi connectivity index (χ4v) is 4.44. The Hall–Kier alpha value is -2.02. The molecule has 4 nitrogen and oxygen atoms in total. The van der Waals surface area contributed by atoms with Gasteiger partial charge in [0.05, 0.1) is 25.5 Å². The minimum Gasteiger partial charge on any atom is -0.493 e. The van der Waals surface area contributed by atoms with Crippen molar-refractivity contribution in [1.82, 2.24) is 4.98 Å². The quantitative estimate of drug-likeness (QED) is 0.535. The zero-order valence-electron chi connectivity index (χ0n) is 15.4. The van der Waals surface area contributed by atoms with Gasteiger partial charge in [0, 0.05) is 22.4 Å². The Morgan fingerprint density at radius 1 is 1.15 bits per heavy atom. The van der Waals surface area contributed by atoms with Crippen molar-refractivity contribution in [3.05, 3.63) is 65.2 Å². The summed E-state index contributed by atoms with van der Waals surface area (Å²) in [5.74, 6) is 2.87. The molecule has 3 aromatic rings. The molecule has 0 radical (unpaired) electrons. The van der Waals surface area contributed by atoms with E-state index in [9.17, 15) is 5.11 Å². The second-order valence-corrected chi connectivity index (χ2v) is 7.77. The van der Waals surface area contributed by atoms with Gasteiger partial charge in [0.2, 0.25) is 0 Å². The van der Waals surface area contributed by atoms with Crippen molar-refractivity contribution >= 4 is 23.1 Å². The van der Waals surface area contributed by atoms with E-state index in [2.05, 4.69) is 5.38 Å². The van der Waals surface area contributed by atoms with Crippen molar-refractivity contribution in [3.63, 3.8) is 0 Å². The Bertz CT molecular complexity index is 852. The van der Waals surface area contributed by atoms with E-state index >= 15 is 0 Å². The molecule has 1 aromatic heterocycles. The number of rotatable bonds is 9. The highest BCUT2D eigenvalue weighted by Crippen LogP contribution is 2.34. The van der Waals surface area contributed by atoms with Crippen LogP contribution in [0.4, 0.5) is 0 Å². The van der Waals surface area contributed by atoms with Crippen LogP contribution in [0.15, 0.2) is 53.9 Å². The van der Waals surface area contributed by atoms with Crippen LogP contribution in [-0.4, -0.2) is 29.6 Å². The van der Waals surface area contributed by atoms with E-state index in [4.69, 9.17) is 14.5 Å². The average Bonchev–Trinajstić information content (AvgIpc) is 3.18. The molecule has 2 aromatic carbocycles. The highest BCUT2D eigenvalue weighted by atomic mass is 32.2. The van der Waals surface area contributed by atoms with Crippen LogP contribution in [0.3, 0.4) is 0 Å². The van der Waals surface area contributed by atoms with Crippen LogP contribution < -0.4 is 9.47 Å². The van der Waals surface area contributed by atoms with Crippen molar-refractivity contribution in [2.75, 3.05) is 19.5 Å². The molecule has 3 rings (SSSR count). The van der Waals surface area contributed by atoms with Crippen molar-refractivity contribution in [1.29, 1.82) is 0 Å². The largest absolute Gasteiger partial charge is 0.493 e. The first kappa shape index (κ1) is 19.7. The Morgan fingerprint density at radius 3 is 2.70 bits per heavy atom. The van der Waals surface area contributed by atoms with Crippen LogP contribution in [-0.2, 0) is 5.75 Å². The fraction of sp³-hybridized carbons (Fsp3) is 0.286. The second kappa shape index (κ2) is 9.78.